The fraction of sp³-hybridized carbons (Fsp3) is 0.579. The molecular weight excluding hydrogens is 349 g/mol. The van der Waals surface area contributed by atoms with Crippen LogP contribution in [0.25, 0.3) is 10.9 Å². The molecule has 2 aliphatic carbocycles. The summed E-state index contributed by atoms with van der Waals surface area (Å²) in [6.45, 7) is 3.15. The Kier molecular flexibility index (Phi) is 3.32. The number of fused-ring (bicyclic) bond motifs is 1. The molecule has 2 heterocycles. The second-order valence-electron chi connectivity index (χ2n) is 8.45. The maximum Gasteiger partial charge on any atom is 0.329 e. The number of hydrogen-bond donors (Lipinski definition) is 3. The highest BCUT2D eigenvalue weighted by molar-refractivity contribution is 5.97. The fourth-order valence-electron chi connectivity index (χ4n) is 4.72. The highest BCUT2D eigenvalue weighted by Crippen LogP contribution is 2.46. The molecule has 1 aromatic carbocycles. The average molecular weight is 373 g/mol. The number of aromatic nitrogens is 2. The molecule has 3 fully saturated rings. The van der Waals surface area contributed by atoms with E-state index in [0.717, 1.165) is 32.1 Å². The van der Waals surface area contributed by atoms with Crippen molar-refractivity contribution in [2.75, 3.05) is 23.7 Å². The van der Waals surface area contributed by atoms with Gasteiger partial charge in [-0.25, -0.2) is 9.18 Å². The van der Waals surface area contributed by atoms with E-state index in [-0.39, 0.29) is 22.7 Å². The molecule has 1 unspecified atom stereocenters. The van der Waals surface area contributed by atoms with E-state index in [9.17, 15) is 9.59 Å². The second-order valence-corrected chi connectivity index (χ2v) is 8.45. The molecule has 0 radical (unpaired) electrons. The van der Waals surface area contributed by atoms with Gasteiger partial charge >= 0.3 is 5.69 Å². The molecular formula is C19H24FN5O2. The lowest BCUT2D eigenvalue weighted by atomic mass is 9.97. The maximum absolute atomic E-state index is 15.3. The zero-order valence-electron chi connectivity index (χ0n) is 15.3. The number of aromatic amines is 1. The van der Waals surface area contributed by atoms with Crippen molar-refractivity contribution in [3.05, 3.63) is 32.2 Å². The minimum atomic E-state index is -0.629. The topological polar surface area (TPSA) is 110 Å². The Labute approximate surface area is 155 Å². The molecule has 1 saturated heterocycles. The molecule has 7 nitrogen and oxygen atoms in total. The van der Waals surface area contributed by atoms with Gasteiger partial charge in [-0.15, -0.1) is 0 Å². The Morgan fingerprint density at radius 1 is 1.22 bits per heavy atom. The van der Waals surface area contributed by atoms with E-state index in [1.54, 1.807) is 11.5 Å². The second kappa shape index (κ2) is 5.34. The van der Waals surface area contributed by atoms with Gasteiger partial charge in [0.25, 0.3) is 5.56 Å². The Bertz CT molecular complexity index is 1080. The molecule has 2 aromatic rings. The van der Waals surface area contributed by atoms with Crippen molar-refractivity contribution >= 4 is 22.3 Å². The third-order valence-electron chi connectivity index (χ3n) is 6.63. The number of hydrogen-bond acceptors (Lipinski definition) is 5. The van der Waals surface area contributed by atoms with Crippen LogP contribution in [0.1, 0.15) is 43.7 Å². The molecule has 144 valence electrons. The van der Waals surface area contributed by atoms with Gasteiger partial charge in [-0.1, -0.05) is 0 Å². The Hall–Kier alpha value is -2.35. The van der Waals surface area contributed by atoms with Crippen molar-refractivity contribution in [3.8, 4) is 0 Å². The third kappa shape index (κ3) is 2.35. The molecule has 0 amide bonds. The quantitative estimate of drug-likeness (QED) is 0.704. The minimum absolute atomic E-state index is 0.0402. The summed E-state index contributed by atoms with van der Waals surface area (Å²) in [5, 5.41) is 0.0773. The largest absolute Gasteiger partial charge is 0.396 e. The van der Waals surface area contributed by atoms with Crippen LogP contribution in [0.3, 0.4) is 0 Å². The van der Waals surface area contributed by atoms with Crippen molar-refractivity contribution < 1.29 is 4.39 Å². The summed E-state index contributed by atoms with van der Waals surface area (Å²) in [7, 11) is 0. The SMILES string of the molecule is Cc1c(N2CCC(C3(N)CC3)C2)c(F)c(N)c2c(=O)[nH]c(=O)n(C3CC3)c12. The number of nitrogens with zero attached hydrogens (tertiary/aromatic N) is 2. The number of aryl methyl sites for hydroxylation is 1. The smallest absolute Gasteiger partial charge is 0.329 e. The molecule has 1 aromatic heterocycles. The van der Waals surface area contributed by atoms with Crippen molar-refractivity contribution in [2.45, 2.75) is 50.6 Å². The number of H-pyrrole nitrogens is 1. The zero-order valence-corrected chi connectivity index (χ0v) is 15.3. The summed E-state index contributed by atoms with van der Waals surface area (Å²) in [4.78, 5) is 29.1. The summed E-state index contributed by atoms with van der Waals surface area (Å²) in [6.07, 6.45) is 4.69. The van der Waals surface area contributed by atoms with Crippen molar-refractivity contribution in [1.29, 1.82) is 0 Å². The van der Waals surface area contributed by atoms with Gasteiger partial charge in [0.1, 0.15) is 0 Å². The van der Waals surface area contributed by atoms with Gasteiger partial charge in [-0.05, 0) is 44.9 Å². The predicted molar refractivity (Wildman–Crippen MR) is 103 cm³/mol. The summed E-state index contributed by atoms with van der Waals surface area (Å²) in [6, 6.07) is 0.0402. The van der Waals surface area contributed by atoms with Crippen LogP contribution in [-0.2, 0) is 0 Å². The fourth-order valence-corrected chi connectivity index (χ4v) is 4.72. The number of anilines is 2. The number of nitrogens with two attached hydrogens (primary N) is 2. The molecule has 0 spiro atoms. The maximum atomic E-state index is 15.3. The van der Waals surface area contributed by atoms with Gasteiger partial charge < -0.3 is 16.4 Å². The van der Waals surface area contributed by atoms with Crippen LogP contribution in [0.2, 0.25) is 0 Å². The normalized spacial score (nSPS) is 24.0. The third-order valence-corrected chi connectivity index (χ3v) is 6.63. The molecule has 1 atom stereocenters. The molecule has 27 heavy (non-hydrogen) atoms. The van der Waals surface area contributed by atoms with E-state index in [2.05, 4.69) is 4.98 Å². The summed E-state index contributed by atoms with van der Waals surface area (Å²) in [5.41, 5.74) is 12.5. The van der Waals surface area contributed by atoms with E-state index < -0.39 is 17.1 Å². The van der Waals surface area contributed by atoms with E-state index in [0.29, 0.717) is 35.8 Å². The lowest BCUT2D eigenvalue weighted by Gasteiger charge is -2.26. The Morgan fingerprint density at radius 2 is 1.93 bits per heavy atom. The van der Waals surface area contributed by atoms with Gasteiger partial charge in [-0.2, -0.15) is 0 Å². The van der Waals surface area contributed by atoms with Crippen molar-refractivity contribution in [1.82, 2.24) is 9.55 Å². The molecule has 0 bridgehead atoms. The van der Waals surface area contributed by atoms with Crippen LogP contribution in [-0.4, -0.2) is 28.2 Å². The molecule has 8 heteroatoms. The average Bonchev–Trinajstić information content (AvgIpc) is 3.53. The standard InChI is InChI=1S/C19H24FN5O2/c1-9-15-12(17(26)23-18(27)25(15)11-2-3-11)14(21)13(20)16(9)24-7-4-10(8-24)19(22)5-6-19/h10-11H,2-8,21-22H2,1H3,(H,23,26,27). The van der Waals surface area contributed by atoms with Gasteiger partial charge in [0, 0.05) is 30.2 Å². The van der Waals surface area contributed by atoms with Gasteiger partial charge in [0.05, 0.1) is 22.3 Å². The molecule has 3 aliphatic rings. The van der Waals surface area contributed by atoms with Gasteiger partial charge in [0.15, 0.2) is 5.82 Å². The Morgan fingerprint density at radius 3 is 2.56 bits per heavy atom. The summed E-state index contributed by atoms with van der Waals surface area (Å²) in [5.74, 6) is -0.243. The van der Waals surface area contributed by atoms with E-state index in [4.69, 9.17) is 11.5 Å². The van der Waals surface area contributed by atoms with Crippen LogP contribution in [0.15, 0.2) is 9.59 Å². The highest BCUT2D eigenvalue weighted by Gasteiger charge is 2.48. The number of nitrogens with one attached hydrogen (secondary N) is 1. The molecule has 2 saturated carbocycles. The van der Waals surface area contributed by atoms with Crippen molar-refractivity contribution in [3.63, 3.8) is 0 Å². The number of benzene rings is 1. The lowest BCUT2D eigenvalue weighted by Crippen LogP contribution is -2.35. The van der Waals surface area contributed by atoms with Crippen molar-refractivity contribution in [2.24, 2.45) is 11.7 Å². The first-order valence-corrected chi connectivity index (χ1v) is 9.61. The summed E-state index contributed by atoms with van der Waals surface area (Å²) >= 11 is 0. The number of nitrogen functional groups attached to an aromatic ring is 1. The first-order valence-electron chi connectivity index (χ1n) is 9.61. The van der Waals surface area contributed by atoms with E-state index in [1.807, 2.05) is 4.90 Å². The number of halogens is 1. The van der Waals surface area contributed by atoms with Crippen LogP contribution in [0, 0.1) is 18.7 Å². The highest BCUT2D eigenvalue weighted by atomic mass is 19.1. The number of rotatable bonds is 3. The van der Waals surface area contributed by atoms with Gasteiger partial charge in [0.2, 0.25) is 0 Å². The molecule has 5 N–H and O–H groups in total. The van der Waals surface area contributed by atoms with Crippen LogP contribution in [0.4, 0.5) is 15.8 Å². The van der Waals surface area contributed by atoms with Crippen LogP contribution in [0.5, 0.6) is 0 Å². The monoisotopic (exact) mass is 373 g/mol. The van der Waals surface area contributed by atoms with Crippen LogP contribution < -0.4 is 27.6 Å². The van der Waals surface area contributed by atoms with E-state index >= 15 is 4.39 Å². The predicted octanol–water partition coefficient (Wildman–Crippen LogP) is 1.37. The molecule has 5 rings (SSSR count). The van der Waals surface area contributed by atoms with E-state index in [1.165, 1.54) is 0 Å². The summed E-state index contributed by atoms with van der Waals surface area (Å²) < 4.78 is 16.9. The lowest BCUT2D eigenvalue weighted by molar-refractivity contribution is 0.442. The minimum Gasteiger partial charge on any atom is -0.396 e. The first kappa shape index (κ1) is 16.8. The van der Waals surface area contributed by atoms with Gasteiger partial charge in [-0.3, -0.25) is 14.3 Å². The Balaban J connectivity index is 1.73. The molecule has 1 aliphatic heterocycles. The first-order chi connectivity index (χ1) is 12.8. The van der Waals surface area contributed by atoms with Crippen LogP contribution >= 0.6 is 0 Å². The zero-order chi connectivity index (χ0) is 19.1.